The first kappa shape index (κ1) is 9.18. The maximum Gasteiger partial charge on any atom is 0.115 e. The van der Waals surface area contributed by atoms with Crippen molar-refractivity contribution in [2.75, 3.05) is 13.1 Å². The van der Waals surface area contributed by atoms with Gasteiger partial charge in [-0.25, -0.2) is 4.39 Å². The molecule has 1 heterocycles. The summed E-state index contributed by atoms with van der Waals surface area (Å²) in [6, 6.07) is 0. The molecule has 1 fully saturated rings. The maximum absolute atomic E-state index is 12.5. The second-order valence-electron chi connectivity index (χ2n) is 2.49. The highest BCUT2D eigenvalue weighted by Crippen LogP contribution is 2.13. The van der Waals surface area contributed by atoms with Crippen molar-refractivity contribution < 1.29 is 4.39 Å². The highest BCUT2D eigenvalue weighted by Gasteiger charge is 2.18. The normalized spacial score (nSPS) is 35.3. The highest BCUT2D eigenvalue weighted by molar-refractivity contribution is 5.85. The van der Waals surface area contributed by atoms with E-state index in [4.69, 9.17) is 0 Å². The van der Waals surface area contributed by atoms with E-state index in [-0.39, 0.29) is 18.3 Å². The lowest BCUT2D eigenvalue weighted by atomic mass is 9.99. The molecule has 0 spiro atoms. The van der Waals surface area contributed by atoms with Gasteiger partial charge in [0.1, 0.15) is 6.17 Å². The first-order chi connectivity index (χ1) is 3.80. The van der Waals surface area contributed by atoms with Gasteiger partial charge in [0, 0.05) is 6.54 Å². The van der Waals surface area contributed by atoms with Gasteiger partial charge < -0.3 is 5.32 Å². The van der Waals surface area contributed by atoms with Crippen LogP contribution in [-0.2, 0) is 0 Å². The van der Waals surface area contributed by atoms with E-state index in [9.17, 15) is 4.39 Å². The van der Waals surface area contributed by atoms with Crippen LogP contribution in [0.25, 0.3) is 0 Å². The summed E-state index contributed by atoms with van der Waals surface area (Å²) < 4.78 is 12.5. The molecule has 0 saturated carbocycles. The molecule has 1 aliphatic rings. The number of rotatable bonds is 0. The quantitative estimate of drug-likeness (QED) is 0.555. The van der Waals surface area contributed by atoms with Crippen LogP contribution in [0.4, 0.5) is 4.39 Å². The van der Waals surface area contributed by atoms with Crippen molar-refractivity contribution in [1.82, 2.24) is 5.32 Å². The average Bonchev–Trinajstić information content (AvgIpc) is 1.77. The van der Waals surface area contributed by atoms with Gasteiger partial charge >= 0.3 is 0 Å². The van der Waals surface area contributed by atoms with Gasteiger partial charge in [-0.2, -0.15) is 0 Å². The summed E-state index contributed by atoms with van der Waals surface area (Å²) in [6.45, 7) is 3.51. The third-order valence-corrected chi connectivity index (χ3v) is 1.73. The monoisotopic (exact) mass is 153 g/mol. The van der Waals surface area contributed by atoms with Crippen molar-refractivity contribution in [2.24, 2.45) is 5.92 Å². The summed E-state index contributed by atoms with van der Waals surface area (Å²) in [5.41, 5.74) is 0. The Balaban J connectivity index is 0.000000640. The predicted molar refractivity (Wildman–Crippen MR) is 38.8 cm³/mol. The zero-order valence-electron chi connectivity index (χ0n) is 5.56. The summed E-state index contributed by atoms with van der Waals surface area (Å²) in [5.74, 6) is 0.274. The summed E-state index contributed by atoms with van der Waals surface area (Å²) in [4.78, 5) is 0. The summed E-state index contributed by atoms with van der Waals surface area (Å²) in [6.07, 6.45) is 0.380. The van der Waals surface area contributed by atoms with Crippen LogP contribution in [-0.4, -0.2) is 19.3 Å². The summed E-state index contributed by atoms with van der Waals surface area (Å²) >= 11 is 0. The van der Waals surface area contributed by atoms with Crippen LogP contribution in [0.2, 0.25) is 0 Å². The molecule has 0 unspecified atom stereocenters. The zero-order chi connectivity index (χ0) is 5.98. The third-order valence-electron chi connectivity index (χ3n) is 1.73. The summed E-state index contributed by atoms with van der Waals surface area (Å²) in [7, 11) is 0. The molecule has 0 aliphatic carbocycles. The molecular formula is C6H13ClFN. The van der Waals surface area contributed by atoms with Crippen LogP contribution in [0.1, 0.15) is 13.3 Å². The molecular weight excluding hydrogens is 141 g/mol. The topological polar surface area (TPSA) is 12.0 Å². The van der Waals surface area contributed by atoms with Crippen molar-refractivity contribution in [1.29, 1.82) is 0 Å². The van der Waals surface area contributed by atoms with E-state index in [1.54, 1.807) is 0 Å². The minimum absolute atomic E-state index is 0. The van der Waals surface area contributed by atoms with Crippen molar-refractivity contribution >= 4 is 12.4 Å². The predicted octanol–water partition coefficient (Wildman–Crippen LogP) is 1.38. The van der Waals surface area contributed by atoms with E-state index < -0.39 is 6.17 Å². The Kier molecular flexibility index (Phi) is 4.15. The molecule has 0 radical (unpaired) electrons. The Bertz CT molecular complexity index is 69.5. The van der Waals surface area contributed by atoms with Crippen molar-refractivity contribution in [2.45, 2.75) is 19.5 Å². The van der Waals surface area contributed by atoms with Gasteiger partial charge in [-0.1, -0.05) is 6.92 Å². The molecule has 1 N–H and O–H groups in total. The molecule has 56 valence electrons. The maximum atomic E-state index is 12.5. The third kappa shape index (κ3) is 2.50. The van der Waals surface area contributed by atoms with Crippen LogP contribution >= 0.6 is 12.4 Å². The van der Waals surface area contributed by atoms with Gasteiger partial charge in [0.2, 0.25) is 0 Å². The Morgan fingerprint density at radius 2 is 2.22 bits per heavy atom. The largest absolute Gasteiger partial charge is 0.314 e. The number of piperidine rings is 1. The van der Waals surface area contributed by atoms with Crippen molar-refractivity contribution in [3.8, 4) is 0 Å². The minimum atomic E-state index is -0.608. The molecule has 9 heavy (non-hydrogen) atoms. The number of halogens is 2. The minimum Gasteiger partial charge on any atom is -0.314 e. The lowest BCUT2D eigenvalue weighted by Crippen LogP contribution is -2.36. The number of hydrogen-bond acceptors (Lipinski definition) is 1. The molecule has 0 aromatic rings. The van der Waals surface area contributed by atoms with Gasteiger partial charge in [0.25, 0.3) is 0 Å². The van der Waals surface area contributed by atoms with Gasteiger partial charge in [-0.3, -0.25) is 0 Å². The number of alkyl halides is 1. The van der Waals surface area contributed by atoms with E-state index in [1.165, 1.54) is 0 Å². The molecule has 3 heteroatoms. The molecule has 1 nitrogen and oxygen atoms in total. The second-order valence-corrected chi connectivity index (χ2v) is 2.49. The lowest BCUT2D eigenvalue weighted by molar-refractivity contribution is 0.194. The molecule has 1 rings (SSSR count). The van der Waals surface area contributed by atoms with Gasteiger partial charge in [-0.15, -0.1) is 12.4 Å². The molecule has 1 saturated heterocycles. The van der Waals surface area contributed by atoms with Crippen LogP contribution < -0.4 is 5.32 Å². The Labute approximate surface area is 61.4 Å². The molecule has 0 bridgehead atoms. The zero-order valence-corrected chi connectivity index (χ0v) is 6.38. The number of hydrogen-bond donors (Lipinski definition) is 1. The fourth-order valence-electron chi connectivity index (χ4n) is 0.952. The molecule has 1 aliphatic heterocycles. The smallest absolute Gasteiger partial charge is 0.115 e. The molecule has 0 aromatic carbocycles. The van der Waals surface area contributed by atoms with E-state index >= 15 is 0 Å². The Morgan fingerprint density at radius 1 is 1.56 bits per heavy atom. The van der Waals surface area contributed by atoms with E-state index in [0.29, 0.717) is 6.54 Å². The van der Waals surface area contributed by atoms with Crippen LogP contribution in [0.5, 0.6) is 0 Å². The SMILES string of the molecule is C[C@@H]1CCNC[C@H]1F.Cl. The Morgan fingerprint density at radius 3 is 2.56 bits per heavy atom. The van der Waals surface area contributed by atoms with E-state index in [0.717, 1.165) is 13.0 Å². The Hall–Kier alpha value is 0.180. The van der Waals surface area contributed by atoms with E-state index in [1.807, 2.05) is 6.92 Å². The van der Waals surface area contributed by atoms with Crippen LogP contribution in [0.3, 0.4) is 0 Å². The lowest BCUT2D eigenvalue weighted by Gasteiger charge is -2.22. The first-order valence-electron chi connectivity index (χ1n) is 3.15. The first-order valence-corrected chi connectivity index (χ1v) is 3.15. The van der Waals surface area contributed by atoms with Crippen LogP contribution in [0, 0.1) is 5.92 Å². The molecule has 0 aromatic heterocycles. The fraction of sp³-hybridized carbons (Fsp3) is 1.00. The van der Waals surface area contributed by atoms with Gasteiger partial charge in [0.05, 0.1) is 0 Å². The average molecular weight is 154 g/mol. The van der Waals surface area contributed by atoms with Gasteiger partial charge in [-0.05, 0) is 18.9 Å². The molecule has 0 amide bonds. The van der Waals surface area contributed by atoms with E-state index in [2.05, 4.69) is 5.32 Å². The van der Waals surface area contributed by atoms with Crippen molar-refractivity contribution in [3.63, 3.8) is 0 Å². The molecule has 2 atom stereocenters. The highest BCUT2D eigenvalue weighted by atomic mass is 35.5. The van der Waals surface area contributed by atoms with Gasteiger partial charge in [0.15, 0.2) is 0 Å². The second kappa shape index (κ2) is 4.07. The fourth-order valence-corrected chi connectivity index (χ4v) is 0.952. The summed E-state index contributed by atoms with van der Waals surface area (Å²) in [5, 5.41) is 2.99. The van der Waals surface area contributed by atoms with Crippen molar-refractivity contribution in [3.05, 3.63) is 0 Å². The standard InChI is InChI=1S/C6H12FN.ClH/c1-5-2-3-8-4-6(5)7;/h5-6,8H,2-4H2,1H3;1H/t5-,6-;/m1./s1. The number of nitrogens with one attached hydrogen (secondary N) is 1. The van der Waals surface area contributed by atoms with Crippen LogP contribution in [0.15, 0.2) is 0 Å².